The molecule has 0 amide bonds. The second-order valence-electron chi connectivity index (χ2n) is 6.37. The third-order valence-electron chi connectivity index (χ3n) is 4.60. The van der Waals surface area contributed by atoms with Crippen LogP contribution in [-0.2, 0) is 23.6 Å². The molecule has 1 aromatic carbocycles. The van der Waals surface area contributed by atoms with E-state index in [0.717, 1.165) is 10.1 Å². The topological polar surface area (TPSA) is 106 Å². The fourth-order valence-electron chi connectivity index (χ4n) is 3.19. The molecule has 1 aromatic heterocycles. The Balaban J connectivity index is 2.37. The van der Waals surface area contributed by atoms with Gasteiger partial charge in [-0.3, -0.25) is 13.9 Å². The minimum absolute atomic E-state index is 0.0271. The number of aromatic nitrogens is 2. The number of carbonyl (C=O) groups excluding carboxylic acids is 1. The summed E-state index contributed by atoms with van der Waals surface area (Å²) in [6, 6.07) is 7.37. The molecule has 1 aliphatic heterocycles. The van der Waals surface area contributed by atoms with Gasteiger partial charge in [0.1, 0.15) is 5.57 Å². The molecular formula is C19H21N3O5. The summed E-state index contributed by atoms with van der Waals surface area (Å²) in [4.78, 5) is 37.8. The molecular weight excluding hydrogens is 350 g/mol. The summed E-state index contributed by atoms with van der Waals surface area (Å²) >= 11 is 0. The summed E-state index contributed by atoms with van der Waals surface area (Å²) in [7, 11) is 2.86. The Morgan fingerprint density at radius 1 is 1.19 bits per heavy atom. The standard InChI is InChI=1S/C19H21N3O5/c1-5-26-18(24)13-12(11-8-6-10(2)7-9-11)14-16(23)21(3)19(25)22(4)17(14)27-15(13)20/h6-9,12H,5,20H2,1-4H3/t12-/m0/s1. The zero-order valence-electron chi connectivity index (χ0n) is 15.6. The molecule has 142 valence electrons. The van der Waals surface area contributed by atoms with E-state index >= 15 is 0 Å². The van der Waals surface area contributed by atoms with Crippen molar-refractivity contribution in [2.75, 3.05) is 6.61 Å². The highest BCUT2D eigenvalue weighted by Gasteiger charge is 2.39. The summed E-state index contributed by atoms with van der Waals surface area (Å²) < 4.78 is 12.9. The fourth-order valence-corrected chi connectivity index (χ4v) is 3.19. The molecule has 0 unspecified atom stereocenters. The van der Waals surface area contributed by atoms with Crippen molar-refractivity contribution in [1.82, 2.24) is 9.13 Å². The number of rotatable bonds is 3. The summed E-state index contributed by atoms with van der Waals surface area (Å²) in [5, 5.41) is 0. The molecule has 0 spiro atoms. The van der Waals surface area contributed by atoms with Crippen LogP contribution < -0.4 is 21.7 Å². The molecule has 1 atom stereocenters. The molecule has 0 aliphatic carbocycles. The van der Waals surface area contributed by atoms with Gasteiger partial charge in [-0.2, -0.15) is 0 Å². The van der Waals surface area contributed by atoms with E-state index in [0.29, 0.717) is 5.56 Å². The molecule has 2 N–H and O–H groups in total. The van der Waals surface area contributed by atoms with E-state index in [1.807, 2.05) is 31.2 Å². The zero-order valence-corrected chi connectivity index (χ0v) is 15.6. The summed E-state index contributed by atoms with van der Waals surface area (Å²) in [6.07, 6.45) is 0. The van der Waals surface area contributed by atoms with Gasteiger partial charge in [0.2, 0.25) is 11.8 Å². The lowest BCUT2D eigenvalue weighted by molar-refractivity contribution is -0.139. The van der Waals surface area contributed by atoms with Gasteiger partial charge in [-0.1, -0.05) is 29.8 Å². The van der Waals surface area contributed by atoms with Gasteiger partial charge in [0.05, 0.1) is 18.1 Å². The van der Waals surface area contributed by atoms with Crippen LogP contribution in [0.5, 0.6) is 5.88 Å². The number of nitrogens with two attached hydrogens (primary N) is 1. The number of carbonyl (C=O) groups is 1. The number of benzene rings is 1. The molecule has 0 saturated carbocycles. The number of esters is 1. The molecule has 8 heteroatoms. The van der Waals surface area contributed by atoms with Crippen LogP contribution in [0.3, 0.4) is 0 Å². The van der Waals surface area contributed by atoms with Gasteiger partial charge in [0, 0.05) is 14.1 Å². The van der Waals surface area contributed by atoms with Crippen LogP contribution in [-0.4, -0.2) is 21.7 Å². The average molecular weight is 371 g/mol. The van der Waals surface area contributed by atoms with Crippen LogP contribution in [0.15, 0.2) is 45.3 Å². The van der Waals surface area contributed by atoms with E-state index in [-0.39, 0.29) is 29.5 Å². The van der Waals surface area contributed by atoms with Gasteiger partial charge in [-0.25, -0.2) is 9.59 Å². The highest BCUT2D eigenvalue weighted by atomic mass is 16.5. The van der Waals surface area contributed by atoms with Crippen LogP contribution in [0.1, 0.15) is 29.5 Å². The van der Waals surface area contributed by atoms with Crippen molar-refractivity contribution in [3.8, 4) is 5.88 Å². The zero-order chi connectivity index (χ0) is 19.9. The van der Waals surface area contributed by atoms with Gasteiger partial charge in [-0.15, -0.1) is 0 Å². The summed E-state index contributed by atoms with van der Waals surface area (Å²) in [5.74, 6) is -1.63. The molecule has 0 radical (unpaired) electrons. The highest BCUT2D eigenvalue weighted by molar-refractivity contribution is 5.92. The molecule has 1 aliphatic rings. The maximum Gasteiger partial charge on any atom is 0.340 e. The van der Waals surface area contributed by atoms with E-state index < -0.39 is 23.1 Å². The number of fused-ring (bicyclic) bond motifs is 1. The van der Waals surface area contributed by atoms with Gasteiger partial charge in [0.15, 0.2) is 0 Å². The monoisotopic (exact) mass is 371 g/mol. The molecule has 3 rings (SSSR count). The third kappa shape index (κ3) is 2.92. The molecule has 0 fully saturated rings. The van der Waals surface area contributed by atoms with Crippen LogP contribution >= 0.6 is 0 Å². The third-order valence-corrected chi connectivity index (χ3v) is 4.60. The van der Waals surface area contributed by atoms with Crippen molar-refractivity contribution < 1.29 is 14.3 Å². The summed E-state index contributed by atoms with van der Waals surface area (Å²) in [5.41, 5.74) is 6.83. The van der Waals surface area contributed by atoms with Crippen molar-refractivity contribution in [1.29, 1.82) is 0 Å². The van der Waals surface area contributed by atoms with Crippen LogP contribution in [0.25, 0.3) is 0 Å². The highest BCUT2D eigenvalue weighted by Crippen LogP contribution is 2.40. The van der Waals surface area contributed by atoms with Crippen molar-refractivity contribution in [3.05, 3.63) is 73.3 Å². The summed E-state index contributed by atoms with van der Waals surface area (Å²) in [6.45, 7) is 3.76. The van der Waals surface area contributed by atoms with E-state index in [1.165, 1.54) is 18.7 Å². The molecule has 0 bridgehead atoms. The normalized spacial score (nSPS) is 15.9. The number of hydrogen-bond acceptors (Lipinski definition) is 6. The fraction of sp³-hybridized carbons (Fsp3) is 0.316. The first-order chi connectivity index (χ1) is 12.8. The molecule has 2 aromatic rings. The quantitative estimate of drug-likeness (QED) is 0.794. The van der Waals surface area contributed by atoms with Gasteiger partial charge >= 0.3 is 11.7 Å². The number of aryl methyl sites for hydroxylation is 1. The Morgan fingerprint density at radius 2 is 1.81 bits per heavy atom. The second kappa shape index (κ2) is 6.79. The Hall–Kier alpha value is -3.29. The molecule has 8 nitrogen and oxygen atoms in total. The van der Waals surface area contributed by atoms with Crippen molar-refractivity contribution in [2.45, 2.75) is 19.8 Å². The maximum absolute atomic E-state index is 12.9. The largest absolute Gasteiger partial charge is 0.462 e. The molecule has 27 heavy (non-hydrogen) atoms. The van der Waals surface area contributed by atoms with Gasteiger partial charge < -0.3 is 15.2 Å². The van der Waals surface area contributed by atoms with E-state index in [1.54, 1.807) is 6.92 Å². The van der Waals surface area contributed by atoms with E-state index in [4.69, 9.17) is 15.2 Å². The number of hydrogen-bond donors (Lipinski definition) is 1. The Morgan fingerprint density at radius 3 is 2.41 bits per heavy atom. The predicted octanol–water partition coefficient (Wildman–Crippen LogP) is 0.650. The van der Waals surface area contributed by atoms with Crippen molar-refractivity contribution in [3.63, 3.8) is 0 Å². The predicted molar refractivity (Wildman–Crippen MR) is 98.4 cm³/mol. The van der Waals surface area contributed by atoms with Gasteiger partial charge in [-0.05, 0) is 19.4 Å². The maximum atomic E-state index is 12.9. The average Bonchev–Trinajstić information content (AvgIpc) is 2.64. The first-order valence-electron chi connectivity index (χ1n) is 8.49. The smallest absolute Gasteiger partial charge is 0.340 e. The van der Waals surface area contributed by atoms with Crippen LogP contribution in [0.4, 0.5) is 0 Å². The van der Waals surface area contributed by atoms with Gasteiger partial charge in [0.25, 0.3) is 5.56 Å². The van der Waals surface area contributed by atoms with E-state index in [9.17, 15) is 14.4 Å². The second-order valence-corrected chi connectivity index (χ2v) is 6.37. The minimum atomic E-state index is -0.807. The lowest BCUT2D eigenvalue weighted by atomic mass is 9.84. The number of nitrogens with zero attached hydrogens (tertiary/aromatic N) is 2. The lowest BCUT2D eigenvalue weighted by Gasteiger charge is -2.29. The molecule has 0 saturated heterocycles. The SMILES string of the molecule is CCOC(=O)C1=C(N)Oc2c(c(=O)n(C)c(=O)n2C)[C@H]1c1ccc(C)cc1. The van der Waals surface area contributed by atoms with Crippen molar-refractivity contribution in [2.24, 2.45) is 19.8 Å². The first-order valence-corrected chi connectivity index (χ1v) is 8.49. The van der Waals surface area contributed by atoms with Crippen LogP contribution in [0, 0.1) is 6.92 Å². The lowest BCUT2D eigenvalue weighted by Crippen LogP contribution is -2.43. The van der Waals surface area contributed by atoms with Crippen LogP contribution in [0.2, 0.25) is 0 Å². The Kier molecular flexibility index (Phi) is 4.65. The minimum Gasteiger partial charge on any atom is -0.462 e. The Labute approximate surface area is 155 Å². The first kappa shape index (κ1) is 18.5. The van der Waals surface area contributed by atoms with E-state index in [2.05, 4.69) is 0 Å². The van der Waals surface area contributed by atoms with Crippen molar-refractivity contribution >= 4 is 5.97 Å². The molecule has 2 heterocycles. The number of ether oxygens (including phenoxy) is 2. The Bertz CT molecular complexity index is 1060.